The van der Waals surface area contributed by atoms with Crippen molar-refractivity contribution in [2.24, 2.45) is 0 Å². The average molecular weight is 283 g/mol. The molecule has 2 heterocycles. The SMILES string of the molecule is C[C@H](CCn1cncn1)Nc1ccc(-n2ccnn2)cc1. The molecule has 3 rings (SSSR count). The van der Waals surface area contributed by atoms with Crippen LogP contribution in [-0.4, -0.2) is 35.8 Å². The van der Waals surface area contributed by atoms with Crippen molar-refractivity contribution in [2.75, 3.05) is 5.32 Å². The smallest absolute Gasteiger partial charge is 0.137 e. The van der Waals surface area contributed by atoms with Crippen LogP contribution in [-0.2, 0) is 6.54 Å². The summed E-state index contributed by atoms with van der Waals surface area (Å²) in [7, 11) is 0. The maximum Gasteiger partial charge on any atom is 0.137 e. The van der Waals surface area contributed by atoms with E-state index in [2.05, 4.69) is 32.6 Å². The van der Waals surface area contributed by atoms with E-state index in [4.69, 9.17) is 0 Å². The number of aromatic nitrogens is 6. The summed E-state index contributed by atoms with van der Waals surface area (Å²) in [5.74, 6) is 0. The van der Waals surface area contributed by atoms with Crippen LogP contribution in [0.5, 0.6) is 0 Å². The first-order valence-electron chi connectivity index (χ1n) is 6.87. The molecule has 1 aromatic carbocycles. The summed E-state index contributed by atoms with van der Waals surface area (Å²) in [4.78, 5) is 3.94. The van der Waals surface area contributed by atoms with E-state index in [1.807, 2.05) is 35.1 Å². The summed E-state index contributed by atoms with van der Waals surface area (Å²) in [6, 6.07) is 8.47. The lowest BCUT2D eigenvalue weighted by atomic mass is 10.2. The summed E-state index contributed by atoms with van der Waals surface area (Å²) in [6.07, 6.45) is 7.76. The Hall–Kier alpha value is -2.70. The Kier molecular flexibility index (Phi) is 3.90. The van der Waals surface area contributed by atoms with Crippen LogP contribution < -0.4 is 5.32 Å². The second-order valence-corrected chi connectivity index (χ2v) is 4.89. The minimum atomic E-state index is 0.353. The Morgan fingerprint density at radius 1 is 1.24 bits per heavy atom. The van der Waals surface area contributed by atoms with Crippen LogP contribution in [0.3, 0.4) is 0 Å². The van der Waals surface area contributed by atoms with Gasteiger partial charge in [-0.05, 0) is 37.6 Å². The number of rotatable bonds is 6. The Bertz CT molecular complexity index is 643. The van der Waals surface area contributed by atoms with Crippen LogP contribution in [0.1, 0.15) is 13.3 Å². The fourth-order valence-corrected chi connectivity index (χ4v) is 2.09. The summed E-state index contributed by atoms with van der Waals surface area (Å²) < 4.78 is 3.57. The molecular formula is C14H17N7. The lowest BCUT2D eigenvalue weighted by molar-refractivity contribution is 0.544. The fourth-order valence-electron chi connectivity index (χ4n) is 2.09. The number of anilines is 1. The van der Waals surface area contributed by atoms with Gasteiger partial charge in [0.15, 0.2) is 0 Å². The van der Waals surface area contributed by atoms with Crippen LogP contribution in [0.15, 0.2) is 49.3 Å². The molecule has 0 amide bonds. The molecule has 0 saturated carbocycles. The number of nitrogens with one attached hydrogen (secondary N) is 1. The number of aryl methyl sites for hydroxylation is 1. The molecule has 7 heteroatoms. The van der Waals surface area contributed by atoms with E-state index in [9.17, 15) is 0 Å². The van der Waals surface area contributed by atoms with Crippen molar-refractivity contribution in [1.82, 2.24) is 29.8 Å². The molecule has 7 nitrogen and oxygen atoms in total. The molecule has 0 spiro atoms. The summed E-state index contributed by atoms with van der Waals surface area (Å²) in [5.41, 5.74) is 2.08. The molecule has 0 aliphatic heterocycles. The van der Waals surface area contributed by atoms with Crippen LogP contribution in [0.2, 0.25) is 0 Å². The van der Waals surface area contributed by atoms with E-state index in [0.29, 0.717) is 6.04 Å². The highest BCUT2D eigenvalue weighted by Crippen LogP contribution is 2.14. The first-order valence-corrected chi connectivity index (χ1v) is 6.87. The van der Waals surface area contributed by atoms with Gasteiger partial charge in [-0.15, -0.1) is 5.10 Å². The largest absolute Gasteiger partial charge is 0.383 e. The number of benzene rings is 1. The van der Waals surface area contributed by atoms with Gasteiger partial charge in [0.05, 0.1) is 18.1 Å². The molecule has 0 saturated heterocycles. The molecule has 0 aliphatic rings. The van der Waals surface area contributed by atoms with Gasteiger partial charge in [0.25, 0.3) is 0 Å². The van der Waals surface area contributed by atoms with E-state index in [-0.39, 0.29) is 0 Å². The molecule has 0 bridgehead atoms. The van der Waals surface area contributed by atoms with Crippen molar-refractivity contribution >= 4 is 5.69 Å². The molecular weight excluding hydrogens is 266 g/mol. The molecule has 108 valence electrons. The molecule has 21 heavy (non-hydrogen) atoms. The molecule has 1 N–H and O–H groups in total. The standard InChI is InChI=1S/C14H17N7/c1-12(6-8-20-11-15-10-17-20)18-13-2-4-14(5-3-13)21-9-7-16-19-21/h2-5,7,9-12,18H,6,8H2,1H3/t12-/m1/s1. The normalized spacial score (nSPS) is 12.2. The highest BCUT2D eigenvalue weighted by Gasteiger charge is 2.04. The average Bonchev–Trinajstić information content (AvgIpc) is 3.19. The van der Waals surface area contributed by atoms with E-state index >= 15 is 0 Å². The molecule has 2 aromatic heterocycles. The third kappa shape index (κ3) is 3.44. The zero-order chi connectivity index (χ0) is 14.5. The molecule has 1 atom stereocenters. The lowest BCUT2D eigenvalue weighted by Crippen LogP contribution is -2.17. The molecule has 0 unspecified atom stereocenters. The predicted molar refractivity (Wildman–Crippen MR) is 79.1 cm³/mol. The van der Waals surface area contributed by atoms with Gasteiger partial charge in [-0.1, -0.05) is 5.21 Å². The van der Waals surface area contributed by atoms with Crippen molar-refractivity contribution in [1.29, 1.82) is 0 Å². The van der Waals surface area contributed by atoms with Gasteiger partial charge in [0.2, 0.25) is 0 Å². The van der Waals surface area contributed by atoms with Gasteiger partial charge in [-0.2, -0.15) is 5.10 Å². The lowest BCUT2D eigenvalue weighted by Gasteiger charge is -2.15. The van der Waals surface area contributed by atoms with Crippen molar-refractivity contribution in [3.8, 4) is 5.69 Å². The first kappa shape index (κ1) is 13.3. The first-order chi connectivity index (χ1) is 10.3. The minimum Gasteiger partial charge on any atom is -0.383 e. The molecule has 0 fully saturated rings. The third-order valence-electron chi connectivity index (χ3n) is 3.23. The number of hydrogen-bond donors (Lipinski definition) is 1. The zero-order valence-corrected chi connectivity index (χ0v) is 11.8. The van der Waals surface area contributed by atoms with E-state index < -0.39 is 0 Å². The van der Waals surface area contributed by atoms with Gasteiger partial charge >= 0.3 is 0 Å². The highest BCUT2D eigenvalue weighted by molar-refractivity contribution is 5.48. The molecule has 3 aromatic rings. The van der Waals surface area contributed by atoms with Gasteiger partial charge in [-0.25, -0.2) is 9.67 Å². The zero-order valence-electron chi connectivity index (χ0n) is 11.8. The number of hydrogen-bond acceptors (Lipinski definition) is 5. The van der Waals surface area contributed by atoms with Crippen molar-refractivity contribution in [2.45, 2.75) is 25.9 Å². The topological polar surface area (TPSA) is 73.5 Å². The van der Waals surface area contributed by atoms with Crippen LogP contribution in [0.4, 0.5) is 5.69 Å². The van der Waals surface area contributed by atoms with Crippen molar-refractivity contribution < 1.29 is 0 Å². The Morgan fingerprint density at radius 2 is 2.10 bits per heavy atom. The van der Waals surface area contributed by atoms with E-state index in [1.165, 1.54) is 0 Å². The van der Waals surface area contributed by atoms with Crippen molar-refractivity contribution in [3.63, 3.8) is 0 Å². The van der Waals surface area contributed by atoms with E-state index in [1.54, 1.807) is 23.5 Å². The Morgan fingerprint density at radius 3 is 2.76 bits per heavy atom. The maximum absolute atomic E-state index is 4.10. The Labute approximate surface area is 122 Å². The summed E-state index contributed by atoms with van der Waals surface area (Å²) >= 11 is 0. The molecule has 0 aliphatic carbocycles. The van der Waals surface area contributed by atoms with E-state index in [0.717, 1.165) is 24.3 Å². The summed E-state index contributed by atoms with van der Waals surface area (Å²) in [6.45, 7) is 3.01. The quantitative estimate of drug-likeness (QED) is 0.746. The maximum atomic E-state index is 4.10. The highest BCUT2D eigenvalue weighted by atomic mass is 15.4. The second-order valence-electron chi connectivity index (χ2n) is 4.89. The number of nitrogens with zero attached hydrogens (tertiary/aromatic N) is 6. The second kappa shape index (κ2) is 6.17. The Balaban J connectivity index is 1.55. The monoisotopic (exact) mass is 283 g/mol. The van der Waals surface area contributed by atoms with Gasteiger partial charge in [-0.3, -0.25) is 4.68 Å². The predicted octanol–water partition coefficient (Wildman–Crippen LogP) is 1.75. The van der Waals surface area contributed by atoms with Gasteiger partial charge < -0.3 is 5.32 Å². The van der Waals surface area contributed by atoms with Crippen LogP contribution >= 0.6 is 0 Å². The van der Waals surface area contributed by atoms with Gasteiger partial charge in [0, 0.05) is 18.3 Å². The van der Waals surface area contributed by atoms with Gasteiger partial charge in [0.1, 0.15) is 12.7 Å². The van der Waals surface area contributed by atoms with Crippen LogP contribution in [0.25, 0.3) is 5.69 Å². The van der Waals surface area contributed by atoms with Crippen LogP contribution in [0, 0.1) is 0 Å². The fraction of sp³-hybridized carbons (Fsp3) is 0.286. The molecule has 0 radical (unpaired) electrons. The minimum absolute atomic E-state index is 0.353. The third-order valence-corrected chi connectivity index (χ3v) is 3.23. The summed E-state index contributed by atoms with van der Waals surface area (Å²) in [5, 5.41) is 15.3. The van der Waals surface area contributed by atoms with Crippen molar-refractivity contribution in [3.05, 3.63) is 49.3 Å².